The number of ether oxygens (including phenoxy) is 1. The van der Waals surface area contributed by atoms with Gasteiger partial charge in [0.25, 0.3) is 0 Å². The summed E-state index contributed by atoms with van der Waals surface area (Å²) in [6.07, 6.45) is 4.76. The van der Waals surface area contributed by atoms with Crippen LogP contribution < -0.4 is 10.1 Å². The van der Waals surface area contributed by atoms with Crippen LogP contribution in [0.5, 0.6) is 5.75 Å². The minimum Gasteiger partial charge on any atom is -0.494 e. The number of benzene rings is 1. The first kappa shape index (κ1) is 14.5. The van der Waals surface area contributed by atoms with E-state index in [1.54, 1.807) is 12.3 Å². The highest BCUT2D eigenvalue weighted by Crippen LogP contribution is 2.18. The van der Waals surface area contributed by atoms with Gasteiger partial charge in [0.15, 0.2) is 11.6 Å². The van der Waals surface area contributed by atoms with Crippen molar-refractivity contribution in [3.63, 3.8) is 0 Å². The normalized spacial score (nSPS) is 10.8. The maximum absolute atomic E-state index is 13.7. The fourth-order valence-electron chi connectivity index (χ4n) is 2.03. The molecule has 1 N–H and O–H groups in total. The van der Waals surface area contributed by atoms with E-state index in [1.165, 1.54) is 13.2 Å². The van der Waals surface area contributed by atoms with Gasteiger partial charge in [0, 0.05) is 18.9 Å². The number of nitrogens with one attached hydrogen (secondary N) is 1. The highest BCUT2D eigenvalue weighted by Gasteiger charge is 2.06. The topological polar surface area (TPSA) is 39.1 Å². The highest BCUT2D eigenvalue weighted by molar-refractivity contribution is 5.29. The van der Waals surface area contributed by atoms with E-state index in [0.717, 1.165) is 30.9 Å². The number of methoxy groups -OCH3 is 1. The summed E-state index contributed by atoms with van der Waals surface area (Å²) in [7, 11) is 1.46. The lowest BCUT2D eigenvalue weighted by Crippen LogP contribution is -2.18. The summed E-state index contributed by atoms with van der Waals surface area (Å²) >= 11 is 0. The van der Waals surface area contributed by atoms with Gasteiger partial charge in [-0.15, -0.1) is 0 Å². The van der Waals surface area contributed by atoms with E-state index in [9.17, 15) is 4.39 Å². The van der Waals surface area contributed by atoms with E-state index in [2.05, 4.69) is 17.2 Å². The van der Waals surface area contributed by atoms with E-state index in [4.69, 9.17) is 4.74 Å². The molecule has 2 aromatic rings. The Morgan fingerprint density at radius 1 is 1.40 bits per heavy atom. The molecule has 0 bridgehead atoms. The molecule has 0 unspecified atom stereocenters. The third-order valence-electron chi connectivity index (χ3n) is 3.08. The fourth-order valence-corrected chi connectivity index (χ4v) is 2.03. The number of rotatable bonds is 7. The van der Waals surface area contributed by atoms with Crippen molar-refractivity contribution in [2.45, 2.75) is 26.4 Å². The van der Waals surface area contributed by atoms with Crippen LogP contribution >= 0.6 is 0 Å². The molecule has 5 heteroatoms. The largest absolute Gasteiger partial charge is 0.494 e. The van der Waals surface area contributed by atoms with Crippen molar-refractivity contribution >= 4 is 0 Å². The smallest absolute Gasteiger partial charge is 0.165 e. The van der Waals surface area contributed by atoms with Crippen LogP contribution in [-0.2, 0) is 13.1 Å². The van der Waals surface area contributed by atoms with Crippen LogP contribution in [0, 0.1) is 5.82 Å². The number of nitrogens with zero attached hydrogens (tertiary/aromatic N) is 2. The zero-order chi connectivity index (χ0) is 14.4. The lowest BCUT2D eigenvalue weighted by molar-refractivity contribution is 0.386. The van der Waals surface area contributed by atoms with Gasteiger partial charge in [0.1, 0.15) is 5.82 Å². The Morgan fingerprint density at radius 3 is 2.95 bits per heavy atom. The van der Waals surface area contributed by atoms with Gasteiger partial charge in [-0.05, 0) is 30.7 Å². The zero-order valence-electron chi connectivity index (χ0n) is 11.9. The number of hydrogen-bond acceptors (Lipinski definition) is 3. The van der Waals surface area contributed by atoms with E-state index >= 15 is 0 Å². The van der Waals surface area contributed by atoms with Crippen LogP contribution in [0.4, 0.5) is 4.39 Å². The van der Waals surface area contributed by atoms with Crippen LogP contribution in [-0.4, -0.2) is 23.2 Å². The maximum atomic E-state index is 13.7. The quantitative estimate of drug-likeness (QED) is 0.791. The van der Waals surface area contributed by atoms with Crippen LogP contribution in [0.25, 0.3) is 0 Å². The average Bonchev–Trinajstić information content (AvgIpc) is 2.87. The number of hydrogen-bond donors (Lipinski definition) is 1. The standard InChI is InChI=1S/C15H20FN3O/c1-3-6-17-10-15-18-7-8-19(15)11-12-4-5-14(20-2)13(16)9-12/h4-5,7-9,17H,3,6,10-11H2,1-2H3. The molecule has 0 aliphatic rings. The molecule has 4 nitrogen and oxygen atoms in total. The summed E-state index contributed by atoms with van der Waals surface area (Å²) in [5.74, 6) is 0.884. The summed E-state index contributed by atoms with van der Waals surface area (Å²) in [6.45, 7) is 4.41. The summed E-state index contributed by atoms with van der Waals surface area (Å²) < 4.78 is 20.6. The van der Waals surface area contributed by atoms with Gasteiger partial charge in [-0.2, -0.15) is 0 Å². The van der Waals surface area contributed by atoms with Gasteiger partial charge in [0.05, 0.1) is 13.7 Å². The van der Waals surface area contributed by atoms with Crippen LogP contribution in [0.2, 0.25) is 0 Å². The third kappa shape index (κ3) is 3.57. The van der Waals surface area contributed by atoms with Crippen molar-refractivity contribution in [1.82, 2.24) is 14.9 Å². The molecule has 1 aromatic heterocycles. The van der Waals surface area contributed by atoms with Crippen molar-refractivity contribution in [3.05, 3.63) is 47.8 Å². The average molecular weight is 277 g/mol. The van der Waals surface area contributed by atoms with E-state index in [-0.39, 0.29) is 11.6 Å². The van der Waals surface area contributed by atoms with Gasteiger partial charge in [-0.25, -0.2) is 9.37 Å². The summed E-state index contributed by atoms with van der Waals surface area (Å²) in [6, 6.07) is 5.02. The first-order chi connectivity index (χ1) is 9.74. The summed E-state index contributed by atoms with van der Waals surface area (Å²) in [5, 5.41) is 3.32. The van der Waals surface area contributed by atoms with Crippen LogP contribution in [0.3, 0.4) is 0 Å². The monoisotopic (exact) mass is 277 g/mol. The number of aromatic nitrogens is 2. The van der Waals surface area contributed by atoms with Gasteiger partial charge in [-0.3, -0.25) is 0 Å². The highest BCUT2D eigenvalue weighted by atomic mass is 19.1. The Balaban J connectivity index is 2.06. The first-order valence-corrected chi connectivity index (χ1v) is 6.77. The zero-order valence-corrected chi connectivity index (χ0v) is 11.9. The SMILES string of the molecule is CCCNCc1nccn1Cc1ccc(OC)c(F)c1. The van der Waals surface area contributed by atoms with Gasteiger partial charge < -0.3 is 14.6 Å². The second-order valence-corrected chi connectivity index (χ2v) is 4.62. The molecule has 0 fully saturated rings. The van der Waals surface area contributed by atoms with Gasteiger partial charge in [0.2, 0.25) is 0 Å². The molecule has 0 saturated carbocycles. The first-order valence-electron chi connectivity index (χ1n) is 6.77. The van der Waals surface area contributed by atoms with Crippen molar-refractivity contribution in [2.75, 3.05) is 13.7 Å². The second kappa shape index (κ2) is 7.05. The van der Waals surface area contributed by atoms with Crippen molar-refractivity contribution < 1.29 is 9.13 Å². The van der Waals surface area contributed by atoms with Crippen molar-refractivity contribution in [1.29, 1.82) is 0 Å². The predicted octanol–water partition coefficient (Wildman–Crippen LogP) is 2.58. The minimum atomic E-state index is -0.337. The van der Waals surface area contributed by atoms with E-state index in [0.29, 0.717) is 6.54 Å². The number of imidazole rings is 1. The summed E-state index contributed by atoms with van der Waals surface area (Å²) in [4.78, 5) is 4.32. The molecule has 1 aromatic carbocycles. The summed E-state index contributed by atoms with van der Waals surface area (Å²) in [5.41, 5.74) is 0.887. The van der Waals surface area contributed by atoms with Gasteiger partial charge in [-0.1, -0.05) is 13.0 Å². The molecule has 0 amide bonds. The molecule has 0 spiro atoms. The molecule has 0 aliphatic carbocycles. The Morgan fingerprint density at radius 2 is 2.25 bits per heavy atom. The molecule has 0 aliphatic heterocycles. The molecule has 108 valence electrons. The van der Waals surface area contributed by atoms with Crippen LogP contribution in [0.15, 0.2) is 30.6 Å². The minimum absolute atomic E-state index is 0.268. The molecule has 0 atom stereocenters. The van der Waals surface area contributed by atoms with Crippen LogP contribution in [0.1, 0.15) is 24.7 Å². The molecule has 0 saturated heterocycles. The van der Waals surface area contributed by atoms with E-state index in [1.807, 2.05) is 16.8 Å². The molecule has 1 heterocycles. The second-order valence-electron chi connectivity index (χ2n) is 4.62. The molecular weight excluding hydrogens is 257 g/mol. The third-order valence-corrected chi connectivity index (χ3v) is 3.08. The predicted molar refractivity (Wildman–Crippen MR) is 76.3 cm³/mol. The Bertz CT molecular complexity index is 554. The number of halogens is 1. The fraction of sp³-hybridized carbons (Fsp3) is 0.400. The molecule has 2 rings (SSSR count). The van der Waals surface area contributed by atoms with E-state index < -0.39 is 0 Å². The van der Waals surface area contributed by atoms with Crippen molar-refractivity contribution in [3.8, 4) is 5.75 Å². The molecule has 20 heavy (non-hydrogen) atoms. The molecular formula is C15H20FN3O. The van der Waals surface area contributed by atoms with Gasteiger partial charge >= 0.3 is 0 Å². The Kier molecular flexibility index (Phi) is 5.12. The lowest BCUT2D eigenvalue weighted by atomic mass is 10.2. The van der Waals surface area contributed by atoms with Crippen molar-refractivity contribution in [2.24, 2.45) is 0 Å². The lowest BCUT2D eigenvalue weighted by Gasteiger charge is -2.10. The maximum Gasteiger partial charge on any atom is 0.165 e. The Hall–Kier alpha value is -1.88. The molecule has 0 radical (unpaired) electrons. The Labute approximate surface area is 118 Å².